The first-order valence-electron chi connectivity index (χ1n) is 10.9. The number of rotatable bonds is 4. The first-order valence-corrected chi connectivity index (χ1v) is 10.9. The van der Waals surface area contributed by atoms with E-state index in [1.165, 1.54) is 12.8 Å². The van der Waals surface area contributed by atoms with Gasteiger partial charge in [-0.3, -0.25) is 4.79 Å². The predicted molar refractivity (Wildman–Crippen MR) is 115 cm³/mol. The van der Waals surface area contributed by atoms with E-state index in [4.69, 9.17) is 9.72 Å². The summed E-state index contributed by atoms with van der Waals surface area (Å²) in [6.45, 7) is 6.10. The number of hydrogen-bond donors (Lipinski definition) is 1. The molecule has 2 fully saturated rings. The third kappa shape index (κ3) is 4.16. The van der Waals surface area contributed by atoms with E-state index in [9.17, 15) is 4.79 Å². The van der Waals surface area contributed by atoms with Gasteiger partial charge in [0.1, 0.15) is 0 Å². The highest BCUT2D eigenvalue weighted by Gasteiger charge is 2.33. The van der Waals surface area contributed by atoms with Crippen LogP contribution in [0.15, 0.2) is 24.3 Å². The number of nitrogens with zero attached hydrogens (tertiary/aromatic N) is 3. The number of benzene rings is 1. The molecule has 1 saturated carbocycles. The van der Waals surface area contributed by atoms with Crippen molar-refractivity contribution in [3.05, 3.63) is 24.3 Å². The number of ether oxygens (including phenoxy) is 1. The van der Waals surface area contributed by atoms with Crippen LogP contribution in [0.2, 0.25) is 0 Å². The molecular weight excluding hydrogens is 364 g/mol. The number of carbonyl (C=O) groups excluding carboxylic acids is 1. The Hall–Kier alpha value is -2.37. The van der Waals surface area contributed by atoms with Crippen LogP contribution in [-0.2, 0) is 4.79 Å². The highest BCUT2D eigenvalue weighted by molar-refractivity contribution is 5.81. The molecule has 156 valence electrons. The maximum Gasteiger partial charge on any atom is 0.257 e. The van der Waals surface area contributed by atoms with Crippen LogP contribution in [0.4, 0.5) is 5.82 Å². The van der Waals surface area contributed by atoms with Crippen LogP contribution < -0.4 is 15.0 Å². The zero-order chi connectivity index (χ0) is 20.4. The Balaban J connectivity index is 1.49. The molecule has 1 saturated heterocycles. The number of nitrogens with one attached hydrogen (secondary N) is 1. The fourth-order valence-electron chi connectivity index (χ4n) is 4.79. The van der Waals surface area contributed by atoms with Crippen molar-refractivity contribution in [2.24, 2.45) is 17.8 Å². The van der Waals surface area contributed by atoms with Gasteiger partial charge >= 0.3 is 0 Å². The van der Waals surface area contributed by atoms with Crippen LogP contribution >= 0.6 is 0 Å². The average Bonchev–Trinajstić information content (AvgIpc) is 2.76. The molecule has 4 atom stereocenters. The lowest BCUT2D eigenvalue weighted by Crippen LogP contribution is -2.49. The van der Waals surface area contributed by atoms with Gasteiger partial charge in [-0.2, -0.15) is 0 Å². The van der Waals surface area contributed by atoms with E-state index < -0.39 is 0 Å². The summed E-state index contributed by atoms with van der Waals surface area (Å²) in [6.07, 6.45) is 5.45. The fraction of sp³-hybridized carbons (Fsp3) is 0.609. The molecule has 1 N–H and O–H groups in total. The molecule has 2 aliphatic rings. The molecular formula is C23H32N4O2. The molecule has 0 bridgehead atoms. The van der Waals surface area contributed by atoms with E-state index >= 15 is 0 Å². The highest BCUT2D eigenvalue weighted by atomic mass is 16.5. The fourth-order valence-corrected chi connectivity index (χ4v) is 4.79. The van der Waals surface area contributed by atoms with E-state index in [0.717, 1.165) is 42.7 Å². The van der Waals surface area contributed by atoms with Crippen molar-refractivity contribution in [1.82, 2.24) is 15.3 Å². The van der Waals surface area contributed by atoms with E-state index in [1.807, 2.05) is 24.3 Å². The van der Waals surface area contributed by atoms with Crippen molar-refractivity contribution in [2.75, 3.05) is 25.1 Å². The molecule has 1 aromatic heterocycles. The van der Waals surface area contributed by atoms with E-state index in [2.05, 4.69) is 29.0 Å². The number of para-hydroxylation sites is 2. The monoisotopic (exact) mass is 396 g/mol. The number of amides is 1. The molecule has 4 unspecified atom stereocenters. The molecule has 29 heavy (non-hydrogen) atoms. The highest BCUT2D eigenvalue weighted by Crippen LogP contribution is 2.32. The minimum absolute atomic E-state index is 0.0221. The Morgan fingerprint density at radius 1 is 1.10 bits per heavy atom. The predicted octanol–water partition coefficient (Wildman–Crippen LogP) is 3.80. The number of carbonyl (C=O) groups is 1. The van der Waals surface area contributed by atoms with Crippen molar-refractivity contribution in [3.8, 4) is 5.88 Å². The molecule has 1 aliphatic heterocycles. The molecule has 6 nitrogen and oxygen atoms in total. The summed E-state index contributed by atoms with van der Waals surface area (Å²) in [5.41, 5.74) is 1.67. The summed E-state index contributed by atoms with van der Waals surface area (Å²) in [5.74, 6) is 2.65. The second-order valence-corrected chi connectivity index (χ2v) is 8.71. The summed E-state index contributed by atoms with van der Waals surface area (Å²) >= 11 is 0. The molecule has 0 radical (unpaired) electrons. The molecule has 6 heteroatoms. The van der Waals surface area contributed by atoms with Gasteiger partial charge < -0.3 is 15.0 Å². The summed E-state index contributed by atoms with van der Waals surface area (Å²) in [6, 6.07) is 8.12. The zero-order valence-electron chi connectivity index (χ0n) is 17.7. The first kappa shape index (κ1) is 19.9. The van der Waals surface area contributed by atoms with E-state index in [0.29, 0.717) is 30.3 Å². The number of hydrogen-bond acceptors (Lipinski definition) is 5. The minimum atomic E-state index is -0.0221. The third-order valence-electron chi connectivity index (χ3n) is 6.84. The number of anilines is 1. The zero-order valence-corrected chi connectivity index (χ0v) is 17.7. The van der Waals surface area contributed by atoms with Crippen molar-refractivity contribution in [3.63, 3.8) is 0 Å². The van der Waals surface area contributed by atoms with Crippen LogP contribution in [0.25, 0.3) is 11.0 Å². The molecule has 1 aliphatic carbocycles. The van der Waals surface area contributed by atoms with Crippen molar-refractivity contribution < 1.29 is 9.53 Å². The SMILES string of the molecule is COc1nc2ccccc2nc1N1CCCC(C(=O)NC2CCCC(C)C2C)C1. The van der Waals surface area contributed by atoms with Gasteiger partial charge in [-0.1, -0.05) is 38.8 Å². The average molecular weight is 397 g/mol. The van der Waals surface area contributed by atoms with Crippen LogP contribution in [0.5, 0.6) is 5.88 Å². The maximum atomic E-state index is 13.1. The Morgan fingerprint density at radius 3 is 2.62 bits per heavy atom. The summed E-state index contributed by atoms with van der Waals surface area (Å²) in [7, 11) is 1.63. The lowest BCUT2D eigenvalue weighted by Gasteiger charge is -2.37. The lowest BCUT2D eigenvalue weighted by molar-refractivity contribution is -0.126. The normalized spacial score (nSPS) is 27.6. The molecule has 1 aromatic carbocycles. The van der Waals surface area contributed by atoms with Crippen molar-refractivity contribution in [1.29, 1.82) is 0 Å². The summed E-state index contributed by atoms with van der Waals surface area (Å²) in [4.78, 5) is 24.7. The van der Waals surface area contributed by atoms with Crippen LogP contribution in [0, 0.1) is 17.8 Å². The topological polar surface area (TPSA) is 67.4 Å². The Bertz CT molecular complexity index is 871. The van der Waals surface area contributed by atoms with Crippen LogP contribution in [0.1, 0.15) is 46.0 Å². The standard InChI is InChI=1S/C23H32N4O2/c1-15-8-6-12-18(16(15)2)25-22(28)17-9-7-13-27(14-17)21-23(29-3)26-20-11-5-4-10-19(20)24-21/h4-5,10-11,15-18H,6-9,12-14H2,1-3H3,(H,25,28). The quantitative estimate of drug-likeness (QED) is 0.851. The minimum Gasteiger partial charge on any atom is -0.478 e. The summed E-state index contributed by atoms with van der Waals surface area (Å²) in [5, 5.41) is 3.37. The Labute approximate surface area is 173 Å². The number of fused-ring (bicyclic) bond motifs is 1. The van der Waals surface area contributed by atoms with Crippen LogP contribution in [-0.4, -0.2) is 42.1 Å². The number of methoxy groups -OCH3 is 1. The van der Waals surface area contributed by atoms with E-state index in [-0.39, 0.29) is 11.8 Å². The second kappa shape index (κ2) is 8.56. The Kier molecular flexibility index (Phi) is 5.88. The van der Waals surface area contributed by atoms with Gasteiger partial charge in [0.05, 0.1) is 24.1 Å². The second-order valence-electron chi connectivity index (χ2n) is 8.71. The Morgan fingerprint density at radius 2 is 1.86 bits per heavy atom. The van der Waals surface area contributed by atoms with E-state index in [1.54, 1.807) is 7.11 Å². The van der Waals surface area contributed by atoms with Gasteiger partial charge in [0.2, 0.25) is 5.91 Å². The van der Waals surface area contributed by atoms with Gasteiger partial charge in [0, 0.05) is 19.1 Å². The van der Waals surface area contributed by atoms with Crippen molar-refractivity contribution >= 4 is 22.8 Å². The first-order chi connectivity index (χ1) is 14.1. The third-order valence-corrected chi connectivity index (χ3v) is 6.84. The smallest absolute Gasteiger partial charge is 0.257 e. The number of aromatic nitrogens is 2. The van der Waals surface area contributed by atoms with Crippen molar-refractivity contribution in [2.45, 2.75) is 52.0 Å². The maximum absolute atomic E-state index is 13.1. The number of piperidine rings is 1. The van der Waals surface area contributed by atoms with Gasteiger partial charge in [-0.15, -0.1) is 0 Å². The van der Waals surface area contributed by atoms with Crippen LogP contribution in [0.3, 0.4) is 0 Å². The summed E-state index contributed by atoms with van der Waals surface area (Å²) < 4.78 is 5.53. The van der Waals surface area contributed by atoms with Gasteiger partial charge in [-0.25, -0.2) is 9.97 Å². The molecule has 4 rings (SSSR count). The van der Waals surface area contributed by atoms with Gasteiger partial charge in [0.15, 0.2) is 5.82 Å². The molecule has 1 amide bonds. The van der Waals surface area contributed by atoms with Gasteiger partial charge in [-0.05, 0) is 43.2 Å². The molecule has 0 spiro atoms. The van der Waals surface area contributed by atoms with Gasteiger partial charge in [0.25, 0.3) is 5.88 Å². The lowest BCUT2D eigenvalue weighted by atomic mass is 9.78. The molecule has 2 heterocycles. The molecule has 2 aromatic rings. The largest absolute Gasteiger partial charge is 0.478 e.